The van der Waals surface area contributed by atoms with Gasteiger partial charge >= 0.3 is 0 Å². The SMILES string of the molecule is Cc1cccc2c(C(F)F)cccc12. The molecule has 0 radical (unpaired) electrons. The van der Waals surface area contributed by atoms with E-state index in [0.29, 0.717) is 5.39 Å². The van der Waals surface area contributed by atoms with Crippen LogP contribution in [0, 0.1) is 6.92 Å². The fourth-order valence-corrected chi connectivity index (χ4v) is 1.68. The highest BCUT2D eigenvalue weighted by atomic mass is 19.3. The number of aryl methyl sites for hydroxylation is 1. The van der Waals surface area contributed by atoms with E-state index in [4.69, 9.17) is 0 Å². The molecule has 0 aliphatic carbocycles. The number of rotatable bonds is 1. The van der Waals surface area contributed by atoms with Crippen LogP contribution in [0.1, 0.15) is 17.6 Å². The van der Waals surface area contributed by atoms with Crippen LogP contribution in [0.5, 0.6) is 0 Å². The Morgan fingerprint density at radius 3 is 2.29 bits per heavy atom. The maximum atomic E-state index is 12.6. The van der Waals surface area contributed by atoms with E-state index < -0.39 is 6.43 Å². The predicted octanol–water partition coefficient (Wildman–Crippen LogP) is 4.09. The van der Waals surface area contributed by atoms with Crippen molar-refractivity contribution in [1.82, 2.24) is 0 Å². The lowest BCUT2D eigenvalue weighted by molar-refractivity contribution is 0.153. The third-order valence-corrected chi connectivity index (χ3v) is 2.41. The summed E-state index contributed by atoms with van der Waals surface area (Å²) < 4.78 is 25.3. The van der Waals surface area contributed by atoms with E-state index in [0.717, 1.165) is 10.9 Å². The Kier molecular flexibility index (Phi) is 2.20. The van der Waals surface area contributed by atoms with E-state index >= 15 is 0 Å². The smallest absolute Gasteiger partial charge is 0.205 e. The van der Waals surface area contributed by atoms with Gasteiger partial charge in [-0.1, -0.05) is 36.4 Å². The highest BCUT2D eigenvalue weighted by Gasteiger charge is 2.10. The summed E-state index contributed by atoms with van der Waals surface area (Å²) in [5.74, 6) is 0. The first-order valence-electron chi connectivity index (χ1n) is 4.46. The highest BCUT2D eigenvalue weighted by Crippen LogP contribution is 2.28. The topological polar surface area (TPSA) is 0 Å². The number of halogens is 2. The first kappa shape index (κ1) is 9.13. The largest absolute Gasteiger partial charge is 0.264 e. The van der Waals surface area contributed by atoms with Gasteiger partial charge in [-0.15, -0.1) is 0 Å². The summed E-state index contributed by atoms with van der Waals surface area (Å²) in [6.45, 7) is 1.93. The lowest BCUT2D eigenvalue weighted by Crippen LogP contribution is -1.87. The Hall–Kier alpha value is -1.44. The molecular formula is C12H10F2. The number of fused-ring (bicyclic) bond motifs is 1. The number of hydrogen-bond donors (Lipinski definition) is 0. The molecule has 0 saturated heterocycles. The van der Waals surface area contributed by atoms with Gasteiger partial charge in [-0.25, -0.2) is 8.78 Å². The monoisotopic (exact) mass is 192 g/mol. The predicted molar refractivity (Wildman–Crippen MR) is 53.6 cm³/mol. The van der Waals surface area contributed by atoms with E-state index in [1.54, 1.807) is 12.1 Å². The minimum atomic E-state index is -2.40. The van der Waals surface area contributed by atoms with Gasteiger partial charge in [-0.3, -0.25) is 0 Å². The van der Waals surface area contributed by atoms with Crippen molar-refractivity contribution in [3.63, 3.8) is 0 Å². The van der Waals surface area contributed by atoms with Gasteiger partial charge in [0.05, 0.1) is 0 Å². The number of hydrogen-bond acceptors (Lipinski definition) is 0. The van der Waals surface area contributed by atoms with Crippen LogP contribution < -0.4 is 0 Å². The molecule has 0 saturated carbocycles. The summed E-state index contributed by atoms with van der Waals surface area (Å²) in [5, 5.41) is 1.56. The molecule has 14 heavy (non-hydrogen) atoms. The van der Waals surface area contributed by atoms with Crippen molar-refractivity contribution < 1.29 is 8.78 Å². The number of benzene rings is 2. The van der Waals surface area contributed by atoms with Crippen LogP contribution in [-0.2, 0) is 0 Å². The minimum absolute atomic E-state index is 0.117. The second-order valence-corrected chi connectivity index (χ2v) is 3.32. The second kappa shape index (κ2) is 3.37. The van der Waals surface area contributed by atoms with E-state index in [2.05, 4.69) is 0 Å². The Balaban J connectivity index is 2.81. The van der Waals surface area contributed by atoms with Crippen LogP contribution in [0.15, 0.2) is 36.4 Å². The van der Waals surface area contributed by atoms with E-state index in [9.17, 15) is 8.78 Å². The average molecular weight is 192 g/mol. The van der Waals surface area contributed by atoms with Crippen molar-refractivity contribution >= 4 is 10.8 Å². The summed E-state index contributed by atoms with van der Waals surface area (Å²) in [6.07, 6.45) is -2.40. The fraction of sp³-hybridized carbons (Fsp3) is 0.167. The average Bonchev–Trinajstić information content (AvgIpc) is 2.17. The van der Waals surface area contributed by atoms with Gasteiger partial charge in [-0.05, 0) is 23.3 Å². The molecule has 72 valence electrons. The Morgan fingerprint density at radius 2 is 1.57 bits per heavy atom. The summed E-state index contributed by atoms with van der Waals surface area (Å²) >= 11 is 0. The molecule has 0 heterocycles. The van der Waals surface area contributed by atoms with Crippen molar-refractivity contribution in [2.75, 3.05) is 0 Å². The van der Waals surface area contributed by atoms with Crippen molar-refractivity contribution in [3.8, 4) is 0 Å². The van der Waals surface area contributed by atoms with Crippen LogP contribution in [0.3, 0.4) is 0 Å². The van der Waals surface area contributed by atoms with Crippen LogP contribution >= 0.6 is 0 Å². The molecule has 2 heteroatoms. The molecule has 0 bridgehead atoms. The number of alkyl halides is 2. The standard InChI is InChI=1S/C12H10F2/c1-8-4-2-6-10-9(8)5-3-7-11(10)12(13)14/h2-7,12H,1H3. The fourth-order valence-electron chi connectivity index (χ4n) is 1.68. The highest BCUT2D eigenvalue weighted by molar-refractivity contribution is 5.88. The molecule has 0 fully saturated rings. The van der Waals surface area contributed by atoms with E-state index in [1.807, 2.05) is 25.1 Å². The maximum absolute atomic E-state index is 12.6. The third-order valence-electron chi connectivity index (χ3n) is 2.41. The van der Waals surface area contributed by atoms with E-state index in [-0.39, 0.29) is 5.56 Å². The molecule has 0 aliphatic heterocycles. The molecule has 0 aromatic heterocycles. The van der Waals surface area contributed by atoms with Crippen LogP contribution in [0.2, 0.25) is 0 Å². The molecule has 0 unspecified atom stereocenters. The zero-order valence-corrected chi connectivity index (χ0v) is 7.80. The Bertz CT molecular complexity index is 461. The minimum Gasteiger partial charge on any atom is -0.205 e. The van der Waals surface area contributed by atoms with E-state index in [1.165, 1.54) is 6.07 Å². The molecule has 2 aromatic rings. The zero-order valence-electron chi connectivity index (χ0n) is 7.80. The van der Waals surface area contributed by atoms with Gasteiger partial charge in [0.15, 0.2) is 0 Å². The van der Waals surface area contributed by atoms with Crippen molar-refractivity contribution in [2.24, 2.45) is 0 Å². The van der Waals surface area contributed by atoms with Gasteiger partial charge in [0.2, 0.25) is 0 Å². The van der Waals surface area contributed by atoms with Crippen molar-refractivity contribution in [1.29, 1.82) is 0 Å². The summed E-state index contributed by atoms with van der Waals surface area (Å²) in [4.78, 5) is 0. The normalized spacial score (nSPS) is 11.1. The van der Waals surface area contributed by atoms with Gasteiger partial charge in [-0.2, -0.15) is 0 Å². The van der Waals surface area contributed by atoms with Crippen LogP contribution in [0.25, 0.3) is 10.8 Å². The molecule has 0 aliphatic rings. The van der Waals surface area contributed by atoms with Crippen LogP contribution in [0.4, 0.5) is 8.78 Å². The lowest BCUT2D eigenvalue weighted by Gasteiger charge is -2.06. The second-order valence-electron chi connectivity index (χ2n) is 3.32. The summed E-state index contributed by atoms with van der Waals surface area (Å²) in [7, 11) is 0. The summed E-state index contributed by atoms with van der Waals surface area (Å²) in [6, 6.07) is 10.5. The van der Waals surface area contributed by atoms with Gasteiger partial charge in [0.1, 0.15) is 0 Å². The van der Waals surface area contributed by atoms with Crippen molar-refractivity contribution in [2.45, 2.75) is 13.3 Å². The third kappa shape index (κ3) is 1.37. The quantitative estimate of drug-likeness (QED) is 0.638. The molecule has 2 aromatic carbocycles. The molecule has 0 amide bonds. The van der Waals surface area contributed by atoms with Gasteiger partial charge in [0, 0.05) is 5.56 Å². The zero-order chi connectivity index (χ0) is 10.1. The maximum Gasteiger partial charge on any atom is 0.264 e. The Labute approximate surface area is 81.2 Å². The lowest BCUT2D eigenvalue weighted by atomic mass is 10.0. The Morgan fingerprint density at radius 1 is 0.929 bits per heavy atom. The molecule has 0 nitrogen and oxygen atoms in total. The van der Waals surface area contributed by atoms with Gasteiger partial charge in [0.25, 0.3) is 6.43 Å². The van der Waals surface area contributed by atoms with Crippen LogP contribution in [-0.4, -0.2) is 0 Å². The molecule has 0 N–H and O–H groups in total. The first-order chi connectivity index (χ1) is 6.70. The van der Waals surface area contributed by atoms with Crippen molar-refractivity contribution in [3.05, 3.63) is 47.5 Å². The molecular weight excluding hydrogens is 182 g/mol. The molecule has 2 rings (SSSR count). The van der Waals surface area contributed by atoms with Gasteiger partial charge < -0.3 is 0 Å². The summed E-state index contributed by atoms with van der Waals surface area (Å²) in [5.41, 5.74) is 1.15. The molecule has 0 spiro atoms. The molecule has 0 atom stereocenters. The first-order valence-corrected chi connectivity index (χ1v) is 4.46.